The highest BCUT2D eigenvalue weighted by Gasteiger charge is 2.15. The van der Waals surface area contributed by atoms with Crippen LogP contribution in [0.25, 0.3) is 0 Å². The highest BCUT2D eigenvalue weighted by molar-refractivity contribution is 7.98. The number of methoxy groups -OCH3 is 1. The van der Waals surface area contributed by atoms with Crippen LogP contribution in [-0.4, -0.2) is 24.4 Å². The summed E-state index contributed by atoms with van der Waals surface area (Å²) in [6.45, 7) is 0.726. The van der Waals surface area contributed by atoms with Gasteiger partial charge in [0.2, 0.25) is 0 Å². The number of nitrogen functional groups attached to an aromatic ring is 1. The summed E-state index contributed by atoms with van der Waals surface area (Å²) < 4.78 is 4.95. The Bertz CT molecular complexity index is 401. The van der Waals surface area contributed by atoms with Gasteiger partial charge in [-0.1, -0.05) is 12.1 Å². The Hall–Kier alpha value is -1.31. The number of nitrogens with two attached hydrogens (primary N) is 1. The van der Waals surface area contributed by atoms with E-state index in [0.29, 0.717) is 11.4 Å². The first-order chi connectivity index (χ1) is 8.70. The standard InChI is InChI=1S/C11H17N3O3S/c1-17-6-3-7-18-8-9-4-2-5-10(14(15)16)11(9)13-12/h2,4-5,13H,3,6-8,12H2,1H3. The summed E-state index contributed by atoms with van der Waals surface area (Å²) >= 11 is 1.70. The summed E-state index contributed by atoms with van der Waals surface area (Å²) in [6.07, 6.45) is 0.960. The van der Waals surface area contributed by atoms with Crippen molar-refractivity contribution in [2.75, 3.05) is 24.9 Å². The second kappa shape index (κ2) is 7.91. The van der Waals surface area contributed by atoms with Crippen molar-refractivity contribution >= 4 is 23.1 Å². The van der Waals surface area contributed by atoms with E-state index in [1.54, 1.807) is 24.9 Å². The summed E-state index contributed by atoms with van der Waals surface area (Å²) in [4.78, 5) is 10.4. The fourth-order valence-corrected chi connectivity index (χ4v) is 2.44. The molecule has 0 atom stereocenters. The van der Waals surface area contributed by atoms with Crippen molar-refractivity contribution in [1.82, 2.24) is 0 Å². The van der Waals surface area contributed by atoms with Gasteiger partial charge in [0.1, 0.15) is 5.69 Å². The molecule has 0 bridgehead atoms. The topological polar surface area (TPSA) is 90.4 Å². The van der Waals surface area contributed by atoms with Gasteiger partial charge in [-0.25, -0.2) is 0 Å². The maximum absolute atomic E-state index is 10.8. The normalized spacial score (nSPS) is 10.3. The number of thioether (sulfide) groups is 1. The van der Waals surface area contributed by atoms with Crippen LogP contribution in [0.15, 0.2) is 18.2 Å². The third-order valence-corrected chi connectivity index (χ3v) is 3.46. The molecule has 18 heavy (non-hydrogen) atoms. The van der Waals surface area contributed by atoms with Crippen molar-refractivity contribution in [3.8, 4) is 0 Å². The SMILES string of the molecule is COCCCSCc1cccc([N+](=O)[O-])c1NN. The number of nitro benzene ring substituents is 1. The number of para-hydroxylation sites is 1. The van der Waals surface area contributed by atoms with E-state index in [-0.39, 0.29) is 5.69 Å². The number of nitro groups is 1. The molecule has 0 aliphatic carbocycles. The van der Waals surface area contributed by atoms with Gasteiger partial charge in [0.05, 0.1) is 4.92 Å². The van der Waals surface area contributed by atoms with Crippen molar-refractivity contribution in [2.45, 2.75) is 12.2 Å². The van der Waals surface area contributed by atoms with E-state index < -0.39 is 4.92 Å². The first kappa shape index (κ1) is 14.7. The van der Waals surface area contributed by atoms with Crippen LogP contribution in [0.1, 0.15) is 12.0 Å². The third kappa shape index (κ3) is 4.17. The van der Waals surface area contributed by atoms with Crippen LogP contribution in [0.3, 0.4) is 0 Å². The number of nitrogens with zero attached hydrogens (tertiary/aromatic N) is 1. The van der Waals surface area contributed by atoms with Gasteiger partial charge < -0.3 is 10.2 Å². The lowest BCUT2D eigenvalue weighted by Gasteiger charge is -2.08. The molecular weight excluding hydrogens is 254 g/mol. The minimum Gasteiger partial charge on any atom is -0.385 e. The molecule has 3 N–H and O–H groups in total. The average Bonchev–Trinajstić information content (AvgIpc) is 2.38. The van der Waals surface area contributed by atoms with E-state index in [9.17, 15) is 10.1 Å². The third-order valence-electron chi connectivity index (χ3n) is 2.36. The Morgan fingerprint density at radius 3 is 2.94 bits per heavy atom. The quantitative estimate of drug-likeness (QED) is 0.326. The predicted octanol–water partition coefficient (Wildman–Crippen LogP) is 2.15. The van der Waals surface area contributed by atoms with Crippen LogP contribution >= 0.6 is 11.8 Å². The van der Waals surface area contributed by atoms with Crippen molar-refractivity contribution in [1.29, 1.82) is 0 Å². The number of hydrazine groups is 1. The van der Waals surface area contributed by atoms with E-state index in [1.165, 1.54) is 6.07 Å². The molecule has 0 aliphatic rings. The van der Waals surface area contributed by atoms with Crippen molar-refractivity contribution in [3.05, 3.63) is 33.9 Å². The van der Waals surface area contributed by atoms with E-state index >= 15 is 0 Å². The second-order valence-electron chi connectivity index (χ2n) is 3.61. The molecule has 0 spiro atoms. The fourth-order valence-electron chi connectivity index (χ4n) is 1.51. The molecule has 0 aromatic heterocycles. The highest BCUT2D eigenvalue weighted by Crippen LogP contribution is 2.30. The molecular formula is C11H17N3O3S. The molecule has 0 radical (unpaired) electrons. The number of benzene rings is 1. The number of hydrogen-bond acceptors (Lipinski definition) is 6. The minimum atomic E-state index is -0.436. The summed E-state index contributed by atoms with van der Waals surface area (Å²) in [5, 5.41) is 10.8. The van der Waals surface area contributed by atoms with Gasteiger partial charge in [-0.05, 0) is 17.7 Å². The van der Waals surface area contributed by atoms with Crippen LogP contribution in [0.5, 0.6) is 0 Å². The fraction of sp³-hybridized carbons (Fsp3) is 0.455. The van der Waals surface area contributed by atoms with E-state index in [0.717, 1.165) is 24.3 Å². The predicted molar refractivity (Wildman–Crippen MR) is 73.6 cm³/mol. The first-order valence-electron chi connectivity index (χ1n) is 5.50. The first-order valence-corrected chi connectivity index (χ1v) is 6.65. The Kier molecular flexibility index (Phi) is 6.48. The van der Waals surface area contributed by atoms with Crippen LogP contribution in [0.2, 0.25) is 0 Å². The molecule has 6 nitrogen and oxygen atoms in total. The average molecular weight is 271 g/mol. The molecule has 100 valence electrons. The number of nitrogens with one attached hydrogen (secondary N) is 1. The smallest absolute Gasteiger partial charge is 0.293 e. The van der Waals surface area contributed by atoms with Gasteiger partial charge in [-0.15, -0.1) is 0 Å². The number of rotatable bonds is 8. The van der Waals surface area contributed by atoms with Crippen molar-refractivity contribution < 1.29 is 9.66 Å². The molecule has 0 heterocycles. The zero-order chi connectivity index (χ0) is 13.4. The Labute approximate surface area is 110 Å². The van der Waals surface area contributed by atoms with Gasteiger partial charge in [-0.3, -0.25) is 16.0 Å². The van der Waals surface area contributed by atoms with Crippen LogP contribution < -0.4 is 11.3 Å². The number of ether oxygens (including phenoxy) is 1. The Morgan fingerprint density at radius 2 is 2.33 bits per heavy atom. The van der Waals surface area contributed by atoms with Crippen molar-refractivity contribution in [3.63, 3.8) is 0 Å². The van der Waals surface area contributed by atoms with Gasteiger partial charge in [-0.2, -0.15) is 11.8 Å². The highest BCUT2D eigenvalue weighted by atomic mass is 32.2. The largest absolute Gasteiger partial charge is 0.385 e. The lowest BCUT2D eigenvalue weighted by Crippen LogP contribution is -2.11. The van der Waals surface area contributed by atoms with E-state index in [1.807, 2.05) is 6.07 Å². The van der Waals surface area contributed by atoms with E-state index in [4.69, 9.17) is 10.6 Å². The number of anilines is 1. The summed E-state index contributed by atoms with van der Waals surface area (Å²) in [7, 11) is 1.67. The molecule has 0 fully saturated rings. The maximum atomic E-state index is 10.8. The van der Waals surface area contributed by atoms with E-state index in [2.05, 4.69) is 5.43 Å². The molecule has 0 amide bonds. The summed E-state index contributed by atoms with van der Waals surface area (Å²) in [6, 6.07) is 4.95. The monoisotopic (exact) mass is 271 g/mol. The van der Waals surface area contributed by atoms with Crippen molar-refractivity contribution in [2.24, 2.45) is 5.84 Å². The summed E-state index contributed by atoms with van der Waals surface area (Å²) in [5.41, 5.74) is 3.66. The van der Waals surface area contributed by atoms with Gasteiger partial charge in [0, 0.05) is 25.5 Å². The molecule has 1 aromatic carbocycles. The molecule has 0 aliphatic heterocycles. The zero-order valence-electron chi connectivity index (χ0n) is 10.2. The molecule has 0 unspecified atom stereocenters. The Morgan fingerprint density at radius 1 is 1.56 bits per heavy atom. The van der Waals surface area contributed by atoms with Crippen LogP contribution in [0, 0.1) is 10.1 Å². The number of hydrogen-bond donors (Lipinski definition) is 2. The van der Waals surface area contributed by atoms with Gasteiger partial charge in [0.15, 0.2) is 0 Å². The Balaban J connectivity index is 2.64. The molecule has 0 saturated heterocycles. The molecule has 7 heteroatoms. The maximum Gasteiger partial charge on any atom is 0.293 e. The molecule has 0 saturated carbocycles. The minimum absolute atomic E-state index is 0.00694. The second-order valence-corrected chi connectivity index (χ2v) is 4.72. The zero-order valence-corrected chi connectivity index (χ0v) is 11.0. The molecule has 1 aromatic rings. The lowest BCUT2D eigenvalue weighted by atomic mass is 10.2. The van der Waals surface area contributed by atoms with Crippen LogP contribution in [-0.2, 0) is 10.5 Å². The molecule has 1 rings (SSSR count). The summed E-state index contributed by atoms with van der Waals surface area (Å²) in [5.74, 6) is 6.99. The lowest BCUT2D eigenvalue weighted by molar-refractivity contribution is -0.384. The van der Waals surface area contributed by atoms with Crippen LogP contribution in [0.4, 0.5) is 11.4 Å². The van der Waals surface area contributed by atoms with Gasteiger partial charge in [0.25, 0.3) is 5.69 Å². The van der Waals surface area contributed by atoms with Gasteiger partial charge >= 0.3 is 0 Å².